The van der Waals surface area contributed by atoms with E-state index in [2.05, 4.69) is 10.4 Å². The predicted octanol–water partition coefficient (Wildman–Crippen LogP) is 4.37. The third kappa shape index (κ3) is 7.18. The molecule has 0 aliphatic heterocycles. The van der Waals surface area contributed by atoms with Crippen LogP contribution in [-0.4, -0.2) is 46.9 Å². The Morgan fingerprint density at radius 3 is 2.45 bits per heavy atom. The number of nitrogens with zero attached hydrogens (tertiary/aromatic N) is 2. The summed E-state index contributed by atoms with van der Waals surface area (Å²) in [4.78, 5) is 36.1. The Kier molecular flexibility index (Phi) is 8.60. The summed E-state index contributed by atoms with van der Waals surface area (Å²) in [6, 6.07) is 20.9. The first-order chi connectivity index (χ1) is 16.0. The molecule has 7 nitrogen and oxygen atoms in total. The molecule has 0 aliphatic rings. The second-order valence-corrected chi connectivity index (χ2v) is 8.20. The van der Waals surface area contributed by atoms with Crippen LogP contribution in [0.4, 0.5) is 5.69 Å². The lowest BCUT2D eigenvalue weighted by Gasteiger charge is -2.15. The summed E-state index contributed by atoms with van der Waals surface area (Å²) in [5, 5.41) is 18.9. The molecule has 3 aromatic rings. The van der Waals surface area contributed by atoms with Gasteiger partial charge < -0.3 is 10.4 Å². The number of hydrazone groups is 1. The zero-order valence-electron chi connectivity index (χ0n) is 18.2. The van der Waals surface area contributed by atoms with Crippen LogP contribution in [0.1, 0.15) is 24.0 Å². The highest BCUT2D eigenvalue weighted by atomic mass is 32.2. The Bertz CT molecular complexity index is 1160. The lowest BCUT2D eigenvalue weighted by molar-refractivity contribution is -0.144. The van der Waals surface area contributed by atoms with Gasteiger partial charge in [-0.1, -0.05) is 54.6 Å². The topological polar surface area (TPSA) is 99.1 Å². The molecule has 0 unspecified atom stereocenters. The van der Waals surface area contributed by atoms with Crippen molar-refractivity contribution >= 4 is 52.2 Å². The van der Waals surface area contributed by atoms with Gasteiger partial charge >= 0.3 is 5.97 Å². The first-order valence-electron chi connectivity index (χ1n) is 10.4. The SMILES string of the molecule is CSCc1ccc(NC(=O)CCC(=O)N(CC(=O)O)N=Cc2cccc3ccccc23)cc1. The summed E-state index contributed by atoms with van der Waals surface area (Å²) in [6.45, 7) is -0.585. The van der Waals surface area contributed by atoms with Crippen molar-refractivity contribution in [2.45, 2.75) is 18.6 Å². The summed E-state index contributed by atoms with van der Waals surface area (Å²) in [6.07, 6.45) is 3.26. The number of hydrogen-bond acceptors (Lipinski definition) is 5. The van der Waals surface area contributed by atoms with Crippen molar-refractivity contribution in [1.29, 1.82) is 0 Å². The van der Waals surface area contributed by atoms with Gasteiger partial charge in [-0.05, 0) is 34.7 Å². The average Bonchev–Trinajstić information content (AvgIpc) is 2.81. The molecule has 0 heterocycles. The van der Waals surface area contributed by atoms with Crippen molar-refractivity contribution in [1.82, 2.24) is 5.01 Å². The molecule has 3 aromatic carbocycles. The van der Waals surface area contributed by atoms with Gasteiger partial charge in [0, 0.05) is 29.8 Å². The number of anilines is 1. The van der Waals surface area contributed by atoms with Crippen molar-refractivity contribution in [3.8, 4) is 0 Å². The number of fused-ring (bicyclic) bond motifs is 1. The second kappa shape index (κ2) is 11.8. The molecule has 0 radical (unpaired) electrons. The van der Waals surface area contributed by atoms with Gasteiger partial charge in [0.05, 0.1) is 6.21 Å². The number of benzene rings is 3. The molecule has 8 heteroatoms. The van der Waals surface area contributed by atoms with Crippen molar-refractivity contribution in [2.24, 2.45) is 5.10 Å². The van der Waals surface area contributed by atoms with Gasteiger partial charge in [0.15, 0.2) is 0 Å². The zero-order valence-corrected chi connectivity index (χ0v) is 19.0. The van der Waals surface area contributed by atoms with Crippen LogP contribution in [0.25, 0.3) is 10.8 Å². The fraction of sp³-hybridized carbons (Fsp3) is 0.200. The first kappa shape index (κ1) is 24.0. The summed E-state index contributed by atoms with van der Waals surface area (Å²) in [5.74, 6) is -1.16. The maximum Gasteiger partial charge on any atom is 0.325 e. The Morgan fingerprint density at radius 2 is 1.73 bits per heavy atom. The monoisotopic (exact) mass is 463 g/mol. The number of rotatable bonds is 10. The van der Waals surface area contributed by atoms with Crippen molar-refractivity contribution in [3.05, 3.63) is 77.9 Å². The maximum absolute atomic E-state index is 12.6. The Labute approximate surface area is 196 Å². The largest absolute Gasteiger partial charge is 0.480 e. The number of carbonyl (C=O) groups excluding carboxylic acids is 2. The third-order valence-electron chi connectivity index (χ3n) is 4.85. The molecule has 0 saturated carbocycles. The van der Waals surface area contributed by atoms with Crippen LogP contribution in [0, 0.1) is 0 Å². The minimum absolute atomic E-state index is 0.0781. The fourth-order valence-corrected chi connectivity index (χ4v) is 3.77. The van der Waals surface area contributed by atoms with E-state index in [4.69, 9.17) is 0 Å². The summed E-state index contributed by atoms with van der Waals surface area (Å²) < 4.78 is 0. The molecule has 2 N–H and O–H groups in total. The molecular formula is C25H25N3O4S. The van der Waals surface area contributed by atoms with E-state index in [9.17, 15) is 19.5 Å². The molecule has 0 spiro atoms. The smallest absolute Gasteiger partial charge is 0.325 e. The molecule has 0 aromatic heterocycles. The Hall–Kier alpha value is -3.65. The lowest BCUT2D eigenvalue weighted by atomic mass is 10.1. The van der Waals surface area contributed by atoms with Gasteiger partial charge in [-0.15, -0.1) is 0 Å². The molecule has 0 fully saturated rings. The minimum atomic E-state index is -1.19. The molecule has 0 atom stereocenters. The molecule has 0 saturated heterocycles. The maximum atomic E-state index is 12.6. The molecule has 3 rings (SSSR count). The van der Waals surface area contributed by atoms with E-state index >= 15 is 0 Å². The highest BCUT2D eigenvalue weighted by molar-refractivity contribution is 7.97. The van der Waals surface area contributed by atoms with Crippen LogP contribution in [0.2, 0.25) is 0 Å². The van der Waals surface area contributed by atoms with Crippen molar-refractivity contribution in [3.63, 3.8) is 0 Å². The Balaban J connectivity index is 1.62. The van der Waals surface area contributed by atoms with Crippen LogP contribution in [0.3, 0.4) is 0 Å². The van der Waals surface area contributed by atoms with Crippen molar-refractivity contribution < 1.29 is 19.5 Å². The standard InChI is InChI=1S/C25H25N3O4S/c1-33-17-18-9-11-21(12-10-18)27-23(29)13-14-24(30)28(16-25(31)32)26-15-20-7-4-6-19-5-2-3-8-22(19)20/h2-12,15H,13-14,16-17H2,1H3,(H,27,29)(H,31,32). The summed E-state index contributed by atoms with van der Waals surface area (Å²) in [5.41, 5.74) is 2.57. The minimum Gasteiger partial charge on any atom is -0.480 e. The average molecular weight is 464 g/mol. The van der Waals surface area contributed by atoms with Crippen LogP contribution in [0.5, 0.6) is 0 Å². The quantitative estimate of drug-likeness (QED) is 0.344. The van der Waals surface area contributed by atoms with Gasteiger partial charge in [0.2, 0.25) is 11.8 Å². The third-order valence-corrected chi connectivity index (χ3v) is 5.47. The van der Waals surface area contributed by atoms with Gasteiger partial charge in [0.1, 0.15) is 6.54 Å². The van der Waals surface area contributed by atoms with E-state index in [-0.39, 0.29) is 18.7 Å². The van der Waals surface area contributed by atoms with Gasteiger partial charge in [-0.25, -0.2) is 5.01 Å². The van der Waals surface area contributed by atoms with Crippen LogP contribution < -0.4 is 5.32 Å². The highest BCUT2D eigenvalue weighted by Gasteiger charge is 2.17. The van der Waals surface area contributed by atoms with Gasteiger partial charge in [0.25, 0.3) is 0 Å². The number of aliphatic carboxylic acids is 1. The van der Waals surface area contributed by atoms with Gasteiger partial charge in [-0.3, -0.25) is 14.4 Å². The number of hydrogen-bond donors (Lipinski definition) is 2. The van der Waals surface area contributed by atoms with Crippen LogP contribution in [0.15, 0.2) is 71.8 Å². The second-order valence-electron chi connectivity index (χ2n) is 7.34. The number of carboxylic acid groups (broad SMARTS) is 1. The van der Waals surface area contributed by atoms with E-state index in [1.165, 1.54) is 6.21 Å². The fourth-order valence-electron chi connectivity index (χ4n) is 3.24. The number of thioether (sulfide) groups is 1. The van der Waals surface area contributed by atoms with E-state index in [0.29, 0.717) is 5.69 Å². The normalized spacial score (nSPS) is 10.9. The van der Waals surface area contributed by atoms with E-state index in [0.717, 1.165) is 32.7 Å². The number of nitrogens with one attached hydrogen (secondary N) is 1. The van der Waals surface area contributed by atoms with Crippen LogP contribution >= 0.6 is 11.8 Å². The summed E-state index contributed by atoms with van der Waals surface area (Å²) >= 11 is 1.71. The van der Waals surface area contributed by atoms with Crippen LogP contribution in [-0.2, 0) is 20.1 Å². The summed E-state index contributed by atoms with van der Waals surface area (Å²) in [7, 11) is 0. The molecule has 33 heavy (non-hydrogen) atoms. The van der Waals surface area contributed by atoms with Gasteiger partial charge in [-0.2, -0.15) is 16.9 Å². The van der Waals surface area contributed by atoms with E-state index in [1.807, 2.05) is 73.0 Å². The number of amides is 2. The highest BCUT2D eigenvalue weighted by Crippen LogP contribution is 2.17. The number of carboxylic acids is 1. The Morgan fingerprint density at radius 1 is 1.00 bits per heavy atom. The molecular weight excluding hydrogens is 438 g/mol. The first-order valence-corrected chi connectivity index (χ1v) is 11.8. The van der Waals surface area contributed by atoms with E-state index < -0.39 is 18.4 Å². The van der Waals surface area contributed by atoms with Crippen molar-refractivity contribution in [2.75, 3.05) is 18.1 Å². The number of carbonyl (C=O) groups is 3. The molecule has 170 valence electrons. The van der Waals surface area contributed by atoms with E-state index in [1.54, 1.807) is 11.8 Å². The molecule has 2 amide bonds. The lowest BCUT2D eigenvalue weighted by Crippen LogP contribution is -2.32. The zero-order chi connectivity index (χ0) is 23.6. The predicted molar refractivity (Wildman–Crippen MR) is 132 cm³/mol. The molecule has 0 bridgehead atoms. The molecule has 0 aliphatic carbocycles.